The summed E-state index contributed by atoms with van der Waals surface area (Å²) in [5, 5.41) is 0. The average Bonchev–Trinajstić information content (AvgIpc) is 2.05. The van der Waals surface area contributed by atoms with Gasteiger partial charge in [0.05, 0.1) is 6.42 Å². The Morgan fingerprint density at radius 2 is 1.17 bits per heavy atom. The zero-order chi connectivity index (χ0) is 8.49. The van der Waals surface area contributed by atoms with Gasteiger partial charge in [-0.1, -0.05) is 44.4 Å². The summed E-state index contributed by atoms with van der Waals surface area (Å²) in [6, 6.07) is 0. The standard InChI is InChI=1S/C12H18/c1-2-4-6-8-10-12-11-9-7-5-3-1/h1-9H2. The Kier molecular flexibility index (Phi) is 5.81. The minimum Gasteiger partial charge on any atom is -0.103 e. The SMILES string of the molecule is [C]1C#CCCCCCCCCC1. The lowest BCUT2D eigenvalue weighted by molar-refractivity contribution is 0.581. The summed E-state index contributed by atoms with van der Waals surface area (Å²) in [7, 11) is 0. The molecule has 0 aliphatic heterocycles. The second-order valence-corrected chi connectivity index (χ2v) is 3.45. The molecule has 0 bridgehead atoms. The van der Waals surface area contributed by atoms with Crippen molar-refractivity contribution >= 4 is 0 Å². The lowest BCUT2D eigenvalue weighted by atomic mass is 10.1. The van der Waals surface area contributed by atoms with E-state index >= 15 is 0 Å². The molecule has 12 heavy (non-hydrogen) atoms. The van der Waals surface area contributed by atoms with E-state index in [0.717, 1.165) is 12.8 Å². The van der Waals surface area contributed by atoms with Crippen molar-refractivity contribution in [3.63, 3.8) is 0 Å². The van der Waals surface area contributed by atoms with Crippen LogP contribution >= 0.6 is 0 Å². The summed E-state index contributed by atoms with van der Waals surface area (Å²) < 4.78 is 0. The Morgan fingerprint density at radius 1 is 0.583 bits per heavy atom. The van der Waals surface area contributed by atoms with Crippen LogP contribution in [0.3, 0.4) is 0 Å². The molecule has 1 rings (SSSR count). The highest BCUT2D eigenvalue weighted by molar-refractivity contribution is 5.09. The predicted molar refractivity (Wildman–Crippen MR) is 52.6 cm³/mol. The third kappa shape index (κ3) is 5.24. The second-order valence-electron chi connectivity index (χ2n) is 3.45. The molecule has 2 radical (unpaired) electrons. The summed E-state index contributed by atoms with van der Waals surface area (Å²) in [5.41, 5.74) is 0. The van der Waals surface area contributed by atoms with Crippen LogP contribution in [0.4, 0.5) is 0 Å². The first kappa shape index (κ1) is 9.65. The van der Waals surface area contributed by atoms with E-state index in [9.17, 15) is 0 Å². The third-order valence-electron chi connectivity index (χ3n) is 2.28. The van der Waals surface area contributed by atoms with Gasteiger partial charge in [0.2, 0.25) is 0 Å². The van der Waals surface area contributed by atoms with Crippen LogP contribution in [0, 0.1) is 18.3 Å². The fourth-order valence-corrected chi connectivity index (χ4v) is 1.50. The summed E-state index contributed by atoms with van der Waals surface area (Å²) >= 11 is 0. The molecular weight excluding hydrogens is 144 g/mol. The largest absolute Gasteiger partial charge is 0.103 e. The van der Waals surface area contributed by atoms with Crippen LogP contribution < -0.4 is 0 Å². The molecular formula is C12H18. The van der Waals surface area contributed by atoms with Gasteiger partial charge in [0, 0.05) is 6.42 Å². The first-order valence-electron chi connectivity index (χ1n) is 5.21. The lowest BCUT2D eigenvalue weighted by Gasteiger charge is -2.00. The Labute approximate surface area is 76.7 Å². The summed E-state index contributed by atoms with van der Waals surface area (Å²) in [6.45, 7) is 0. The van der Waals surface area contributed by atoms with E-state index in [-0.39, 0.29) is 0 Å². The monoisotopic (exact) mass is 162 g/mol. The van der Waals surface area contributed by atoms with E-state index in [0.29, 0.717) is 0 Å². The van der Waals surface area contributed by atoms with Crippen LogP contribution in [-0.2, 0) is 0 Å². The molecule has 0 unspecified atom stereocenters. The molecule has 0 fully saturated rings. The quantitative estimate of drug-likeness (QED) is 0.477. The van der Waals surface area contributed by atoms with Crippen LogP contribution in [0.25, 0.3) is 0 Å². The van der Waals surface area contributed by atoms with Crippen molar-refractivity contribution in [1.29, 1.82) is 0 Å². The first-order valence-corrected chi connectivity index (χ1v) is 5.21. The van der Waals surface area contributed by atoms with E-state index in [1.165, 1.54) is 44.9 Å². The molecule has 0 nitrogen and oxygen atoms in total. The fourth-order valence-electron chi connectivity index (χ4n) is 1.50. The Hall–Kier alpha value is -0.440. The molecule has 1 aliphatic carbocycles. The van der Waals surface area contributed by atoms with E-state index in [1.807, 2.05) is 0 Å². The Bertz CT molecular complexity index is 131. The summed E-state index contributed by atoms with van der Waals surface area (Å²) in [5.74, 6) is 6.15. The van der Waals surface area contributed by atoms with E-state index in [2.05, 4.69) is 18.3 Å². The van der Waals surface area contributed by atoms with Gasteiger partial charge in [-0.25, -0.2) is 0 Å². The maximum atomic E-state index is 3.14. The van der Waals surface area contributed by atoms with E-state index < -0.39 is 0 Å². The van der Waals surface area contributed by atoms with Crippen molar-refractivity contribution in [1.82, 2.24) is 0 Å². The van der Waals surface area contributed by atoms with Gasteiger partial charge in [-0.3, -0.25) is 0 Å². The Balaban J connectivity index is 2.14. The highest BCUT2D eigenvalue weighted by Gasteiger charge is 1.92. The van der Waals surface area contributed by atoms with Crippen LogP contribution in [0.2, 0.25) is 0 Å². The van der Waals surface area contributed by atoms with Crippen LogP contribution in [-0.4, -0.2) is 0 Å². The zero-order valence-electron chi connectivity index (χ0n) is 7.86. The average molecular weight is 162 g/mol. The number of hydrogen-bond donors (Lipinski definition) is 0. The van der Waals surface area contributed by atoms with Gasteiger partial charge in [0.1, 0.15) is 0 Å². The maximum absolute atomic E-state index is 3.14. The van der Waals surface area contributed by atoms with Gasteiger partial charge < -0.3 is 0 Å². The molecule has 0 N–H and O–H groups in total. The van der Waals surface area contributed by atoms with Crippen molar-refractivity contribution in [2.24, 2.45) is 0 Å². The molecule has 0 amide bonds. The lowest BCUT2D eigenvalue weighted by Crippen LogP contribution is -1.83. The van der Waals surface area contributed by atoms with Crippen LogP contribution in [0.15, 0.2) is 0 Å². The fraction of sp³-hybridized carbons (Fsp3) is 0.750. The molecule has 0 spiro atoms. The molecule has 0 heterocycles. The minimum atomic E-state index is 1.08. The highest BCUT2D eigenvalue weighted by Crippen LogP contribution is 2.10. The van der Waals surface area contributed by atoms with Crippen molar-refractivity contribution in [2.75, 3.05) is 0 Å². The summed E-state index contributed by atoms with van der Waals surface area (Å²) in [4.78, 5) is 0. The molecule has 0 atom stereocenters. The van der Waals surface area contributed by atoms with Crippen molar-refractivity contribution < 1.29 is 0 Å². The number of rotatable bonds is 0. The van der Waals surface area contributed by atoms with Crippen LogP contribution in [0.5, 0.6) is 0 Å². The van der Waals surface area contributed by atoms with E-state index in [1.54, 1.807) is 0 Å². The van der Waals surface area contributed by atoms with Crippen molar-refractivity contribution in [3.8, 4) is 11.8 Å². The zero-order valence-corrected chi connectivity index (χ0v) is 7.86. The van der Waals surface area contributed by atoms with Crippen molar-refractivity contribution in [2.45, 2.75) is 57.8 Å². The molecule has 0 aromatic carbocycles. The maximum Gasteiger partial charge on any atom is 0.0675 e. The van der Waals surface area contributed by atoms with Gasteiger partial charge in [0.15, 0.2) is 0 Å². The highest BCUT2D eigenvalue weighted by atomic mass is 14.0. The number of hydrogen-bond acceptors (Lipinski definition) is 0. The van der Waals surface area contributed by atoms with Gasteiger partial charge in [-0.2, -0.15) is 0 Å². The first-order chi connectivity index (χ1) is 6.00. The van der Waals surface area contributed by atoms with Crippen LogP contribution in [0.1, 0.15) is 57.8 Å². The van der Waals surface area contributed by atoms with Gasteiger partial charge in [0.25, 0.3) is 0 Å². The van der Waals surface area contributed by atoms with Gasteiger partial charge in [-0.15, -0.1) is 5.92 Å². The second kappa shape index (κ2) is 7.22. The van der Waals surface area contributed by atoms with Gasteiger partial charge >= 0.3 is 0 Å². The molecule has 1 aliphatic rings. The molecule has 0 aromatic heterocycles. The normalized spacial score (nSPS) is 21.3. The van der Waals surface area contributed by atoms with E-state index in [4.69, 9.17) is 0 Å². The third-order valence-corrected chi connectivity index (χ3v) is 2.28. The molecule has 0 aromatic rings. The van der Waals surface area contributed by atoms with Crippen molar-refractivity contribution in [3.05, 3.63) is 6.42 Å². The van der Waals surface area contributed by atoms with Gasteiger partial charge in [-0.05, 0) is 12.8 Å². The predicted octanol–water partition coefficient (Wildman–Crippen LogP) is 3.60. The molecule has 66 valence electrons. The smallest absolute Gasteiger partial charge is 0.0675 e. The molecule has 0 heteroatoms. The molecule has 0 saturated heterocycles. The Morgan fingerprint density at radius 3 is 1.92 bits per heavy atom. The summed E-state index contributed by atoms with van der Waals surface area (Å²) in [6.07, 6.45) is 14.9. The topological polar surface area (TPSA) is 0 Å². The molecule has 0 saturated carbocycles. The minimum absolute atomic E-state index is 1.08.